The third-order valence-electron chi connectivity index (χ3n) is 4.06. The molecule has 2 aliphatic heterocycles. The van der Waals surface area contributed by atoms with E-state index >= 15 is 0 Å². The molecule has 98 valence electrons. The lowest BCUT2D eigenvalue weighted by Gasteiger charge is -2.33. The molecule has 2 heterocycles. The summed E-state index contributed by atoms with van der Waals surface area (Å²) < 4.78 is 0. The molecule has 0 aromatic carbocycles. The first-order valence-corrected chi connectivity index (χ1v) is 6.94. The zero-order chi connectivity index (χ0) is 12.3. The van der Waals surface area contributed by atoms with Crippen molar-refractivity contribution in [2.24, 2.45) is 5.73 Å². The Hall–Kier alpha value is -0.610. The fraction of sp³-hybridized carbons (Fsp3) is 0.923. The van der Waals surface area contributed by atoms with E-state index in [9.17, 15) is 4.79 Å². The summed E-state index contributed by atoms with van der Waals surface area (Å²) in [5, 5.41) is 0. The van der Waals surface area contributed by atoms with Gasteiger partial charge in [-0.15, -0.1) is 0 Å². The number of hydrogen-bond acceptors (Lipinski definition) is 3. The van der Waals surface area contributed by atoms with Crippen molar-refractivity contribution < 1.29 is 4.79 Å². The van der Waals surface area contributed by atoms with Crippen molar-refractivity contribution in [1.82, 2.24) is 9.80 Å². The van der Waals surface area contributed by atoms with E-state index < -0.39 is 0 Å². The number of amides is 1. The Labute approximate surface area is 104 Å². The van der Waals surface area contributed by atoms with Crippen molar-refractivity contribution in [3.05, 3.63) is 0 Å². The van der Waals surface area contributed by atoms with Gasteiger partial charge in [-0.3, -0.25) is 4.79 Å². The van der Waals surface area contributed by atoms with Gasteiger partial charge < -0.3 is 15.5 Å². The molecule has 0 aromatic rings. The highest BCUT2D eigenvalue weighted by Crippen LogP contribution is 2.17. The summed E-state index contributed by atoms with van der Waals surface area (Å²) in [6.45, 7) is 6.31. The van der Waals surface area contributed by atoms with E-state index in [4.69, 9.17) is 5.73 Å². The number of likely N-dealkylation sites (tertiary alicyclic amines) is 2. The lowest BCUT2D eigenvalue weighted by atomic mass is 10.0. The van der Waals surface area contributed by atoms with Gasteiger partial charge in [-0.1, -0.05) is 6.42 Å². The molecule has 4 heteroatoms. The Morgan fingerprint density at radius 2 is 2.18 bits per heavy atom. The first kappa shape index (κ1) is 12.8. The van der Waals surface area contributed by atoms with Gasteiger partial charge in [-0.2, -0.15) is 0 Å². The third-order valence-corrected chi connectivity index (χ3v) is 4.06. The van der Waals surface area contributed by atoms with Crippen LogP contribution in [0.25, 0.3) is 0 Å². The van der Waals surface area contributed by atoms with Crippen LogP contribution in [-0.2, 0) is 4.79 Å². The van der Waals surface area contributed by atoms with Crippen molar-refractivity contribution in [2.45, 2.75) is 51.1 Å². The zero-order valence-electron chi connectivity index (χ0n) is 10.9. The van der Waals surface area contributed by atoms with Crippen LogP contribution in [0.15, 0.2) is 0 Å². The predicted octanol–water partition coefficient (Wildman–Crippen LogP) is 0.811. The minimum absolute atomic E-state index is 0.0661. The fourth-order valence-corrected chi connectivity index (χ4v) is 2.97. The normalized spacial score (nSPS) is 31.2. The summed E-state index contributed by atoms with van der Waals surface area (Å²) in [6, 6.07) is 0.789. The van der Waals surface area contributed by atoms with E-state index in [0.717, 1.165) is 32.1 Å². The fourth-order valence-electron chi connectivity index (χ4n) is 2.97. The topological polar surface area (TPSA) is 49.6 Å². The highest BCUT2D eigenvalue weighted by atomic mass is 16.2. The van der Waals surface area contributed by atoms with Crippen LogP contribution in [0.4, 0.5) is 0 Å². The summed E-state index contributed by atoms with van der Waals surface area (Å²) in [5.74, 6) is 0.240. The van der Waals surface area contributed by atoms with Crippen LogP contribution in [0, 0.1) is 0 Å². The number of rotatable bonds is 4. The molecule has 17 heavy (non-hydrogen) atoms. The van der Waals surface area contributed by atoms with E-state index in [-0.39, 0.29) is 11.9 Å². The van der Waals surface area contributed by atoms with Gasteiger partial charge in [0.25, 0.3) is 0 Å². The lowest BCUT2D eigenvalue weighted by Crippen LogP contribution is -2.39. The van der Waals surface area contributed by atoms with Crippen LogP contribution in [0.1, 0.15) is 39.0 Å². The number of nitrogens with zero attached hydrogens (tertiary/aromatic N) is 2. The second-order valence-corrected chi connectivity index (χ2v) is 5.54. The quantitative estimate of drug-likeness (QED) is 0.790. The van der Waals surface area contributed by atoms with E-state index in [2.05, 4.69) is 11.8 Å². The van der Waals surface area contributed by atoms with E-state index in [1.54, 1.807) is 0 Å². The summed E-state index contributed by atoms with van der Waals surface area (Å²) in [4.78, 5) is 16.1. The Balaban J connectivity index is 1.67. The maximum absolute atomic E-state index is 11.6. The van der Waals surface area contributed by atoms with Gasteiger partial charge in [0.1, 0.15) is 0 Å². The Morgan fingerprint density at radius 1 is 1.35 bits per heavy atom. The smallest absolute Gasteiger partial charge is 0.224 e. The van der Waals surface area contributed by atoms with Crippen molar-refractivity contribution in [3.63, 3.8) is 0 Å². The maximum Gasteiger partial charge on any atom is 0.224 e. The SMILES string of the molecule is CC1CCCCN1CCCN1CC(N)CC1=O. The molecule has 2 saturated heterocycles. The van der Waals surface area contributed by atoms with E-state index in [1.165, 1.54) is 25.8 Å². The van der Waals surface area contributed by atoms with Crippen LogP contribution >= 0.6 is 0 Å². The predicted molar refractivity (Wildman–Crippen MR) is 68.7 cm³/mol. The summed E-state index contributed by atoms with van der Waals surface area (Å²) in [6.07, 6.45) is 5.66. The van der Waals surface area contributed by atoms with Crippen LogP contribution in [0.3, 0.4) is 0 Å². The first-order chi connectivity index (χ1) is 8.16. The Kier molecular flexibility index (Phi) is 4.40. The van der Waals surface area contributed by atoms with Gasteiger partial charge in [0, 0.05) is 38.1 Å². The molecule has 4 nitrogen and oxygen atoms in total. The molecular weight excluding hydrogens is 214 g/mol. The summed E-state index contributed by atoms with van der Waals surface area (Å²) in [7, 11) is 0. The van der Waals surface area contributed by atoms with Crippen LogP contribution in [-0.4, -0.2) is 54.0 Å². The van der Waals surface area contributed by atoms with E-state index in [0.29, 0.717) is 6.42 Å². The first-order valence-electron chi connectivity index (χ1n) is 6.94. The van der Waals surface area contributed by atoms with Gasteiger partial charge in [-0.25, -0.2) is 0 Å². The number of carbonyl (C=O) groups is 1. The number of carbonyl (C=O) groups excluding carboxylic acids is 1. The lowest BCUT2D eigenvalue weighted by molar-refractivity contribution is -0.127. The molecule has 2 atom stereocenters. The van der Waals surface area contributed by atoms with Crippen molar-refractivity contribution in [3.8, 4) is 0 Å². The van der Waals surface area contributed by atoms with E-state index in [1.807, 2.05) is 4.90 Å². The molecule has 0 bridgehead atoms. The molecule has 2 unspecified atom stereocenters. The minimum Gasteiger partial charge on any atom is -0.341 e. The molecule has 1 amide bonds. The molecule has 0 radical (unpaired) electrons. The highest BCUT2D eigenvalue weighted by molar-refractivity contribution is 5.79. The van der Waals surface area contributed by atoms with Gasteiger partial charge in [0.05, 0.1) is 0 Å². The molecule has 0 aromatic heterocycles. The molecule has 0 saturated carbocycles. The van der Waals surface area contributed by atoms with Crippen molar-refractivity contribution in [1.29, 1.82) is 0 Å². The largest absolute Gasteiger partial charge is 0.341 e. The summed E-state index contributed by atoms with van der Waals surface area (Å²) >= 11 is 0. The van der Waals surface area contributed by atoms with Gasteiger partial charge >= 0.3 is 0 Å². The maximum atomic E-state index is 11.6. The number of nitrogens with two attached hydrogens (primary N) is 1. The molecule has 2 aliphatic rings. The molecule has 2 N–H and O–H groups in total. The number of piperidine rings is 1. The molecule has 0 aliphatic carbocycles. The number of hydrogen-bond donors (Lipinski definition) is 1. The second kappa shape index (κ2) is 5.83. The minimum atomic E-state index is 0.0661. The molecule has 0 spiro atoms. The third kappa shape index (κ3) is 3.42. The average molecular weight is 239 g/mol. The van der Waals surface area contributed by atoms with Crippen LogP contribution < -0.4 is 5.73 Å². The van der Waals surface area contributed by atoms with Crippen LogP contribution in [0.5, 0.6) is 0 Å². The van der Waals surface area contributed by atoms with Crippen LogP contribution in [0.2, 0.25) is 0 Å². The highest BCUT2D eigenvalue weighted by Gasteiger charge is 2.26. The van der Waals surface area contributed by atoms with Gasteiger partial charge in [-0.05, 0) is 32.7 Å². The van der Waals surface area contributed by atoms with Crippen molar-refractivity contribution in [2.75, 3.05) is 26.2 Å². The summed E-state index contributed by atoms with van der Waals surface area (Å²) in [5.41, 5.74) is 5.78. The Morgan fingerprint density at radius 3 is 2.82 bits per heavy atom. The van der Waals surface area contributed by atoms with Gasteiger partial charge in [0.2, 0.25) is 5.91 Å². The second-order valence-electron chi connectivity index (χ2n) is 5.54. The zero-order valence-corrected chi connectivity index (χ0v) is 10.9. The standard InChI is InChI=1S/C13H25N3O/c1-11-5-2-3-6-15(11)7-4-8-16-10-12(14)9-13(16)17/h11-12H,2-10,14H2,1H3. The molecular formula is C13H25N3O. The molecule has 2 fully saturated rings. The van der Waals surface area contributed by atoms with Gasteiger partial charge in [0.15, 0.2) is 0 Å². The molecule has 2 rings (SSSR count). The Bertz CT molecular complexity index is 269. The average Bonchev–Trinajstić information content (AvgIpc) is 2.60. The van der Waals surface area contributed by atoms with Crippen molar-refractivity contribution >= 4 is 5.91 Å². The monoisotopic (exact) mass is 239 g/mol.